The standard InChI is InChI=1S/C12H19N3O/c1-7(2)11-8(3)14-10(15-12(11)16)6-13-9-4-5-9/h7,9,13H,4-6H2,1-3H3,(H,14,15,16). The molecule has 0 aromatic carbocycles. The molecular formula is C12H19N3O. The van der Waals surface area contributed by atoms with E-state index in [1.165, 1.54) is 12.8 Å². The summed E-state index contributed by atoms with van der Waals surface area (Å²) in [6.07, 6.45) is 2.49. The number of aromatic amines is 1. The third-order valence-corrected chi connectivity index (χ3v) is 2.91. The average molecular weight is 221 g/mol. The Hall–Kier alpha value is -1.16. The zero-order valence-corrected chi connectivity index (χ0v) is 10.1. The van der Waals surface area contributed by atoms with Gasteiger partial charge in [-0.2, -0.15) is 0 Å². The Morgan fingerprint density at radius 1 is 1.50 bits per heavy atom. The molecule has 4 heteroatoms. The van der Waals surface area contributed by atoms with E-state index in [0.29, 0.717) is 12.6 Å². The molecule has 4 nitrogen and oxygen atoms in total. The fraction of sp³-hybridized carbons (Fsp3) is 0.667. The quantitative estimate of drug-likeness (QED) is 0.809. The summed E-state index contributed by atoms with van der Waals surface area (Å²) in [4.78, 5) is 19.1. The summed E-state index contributed by atoms with van der Waals surface area (Å²) in [6.45, 7) is 6.60. The zero-order valence-electron chi connectivity index (χ0n) is 10.1. The smallest absolute Gasteiger partial charge is 0.254 e. The van der Waals surface area contributed by atoms with Gasteiger partial charge < -0.3 is 10.3 Å². The molecule has 1 aliphatic carbocycles. The van der Waals surface area contributed by atoms with Crippen molar-refractivity contribution in [3.05, 3.63) is 27.4 Å². The van der Waals surface area contributed by atoms with Crippen molar-refractivity contribution in [1.82, 2.24) is 15.3 Å². The Morgan fingerprint density at radius 2 is 2.19 bits per heavy atom. The lowest BCUT2D eigenvalue weighted by Gasteiger charge is -2.09. The molecule has 1 aliphatic rings. The number of nitrogens with zero attached hydrogens (tertiary/aromatic N) is 1. The second kappa shape index (κ2) is 4.37. The van der Waals surface area contributed by atoms with Crippen LogP contribution in [0.25, 0.3) is 0 Å². The van der Waals surface area contributed by atoms with Crippen LogP contribution >= 0.6 is 0 Å². The van der Waals surface area contributed by atoms with Crippen molar-refractivity contribution in [1.29, 1.82) is 0 Å². The molecule has 0 amide bonds. The van der Waals surface area contributed by atoms with Gasteiger partial charge in [0.2, 0.25) is 0 Å². The van der Waals surface area contributed by atoms with E-state index >= 15 is 0 Å². The average Bonchev–Trinajstić information content (AvgIpc) is 2.96. The summed E-state index contributed by atoms with van der Waals surface area (Å²) in [5.74, 6) is 0.973. The maximum Gasteiger partial charge on any atom is 0.254 e. The highest BCUT2D eigenvalue weighted by atomic mass is 16.1. The molecule has 1 fully saturated rings. The SMILES string of the molecule is Cc1nc(CNC2CC2)[nH]c(=O)c1C(C)C. The summed E-state index contributed by atoms with van der Waals surface area (Å²) < 4.78 is 0. The molecule has 1 heterocycles. The van der Waals surface area contributed by atoms with Gasteiger partial charge >= 0.3 is 0 Å². The predicted octanol–water partition coefficient (Wildman–Crippen LogP) is 1.45. The second-order valence-electron chi connectivity index (χ2n) is 4.82. The first kappa shape index (κ1) is 11.3. The summed E-state index contributed by atoms with van der Waals surface area (Å²) >= 11 is 0. The van der Waals surface area contributed by atoms with Crippen molar-refractivity contribution in [2.75, 3.05) is 0 Å². The molecule has 2 N–H and O–H groups in total. The Bertz CT molecular complexity index is 432. The minimum Gasteiger partial charge on any atom is -0.309 e. The van der Waals surface area contributed by atoms with Crippen molar-refractivity contribution in [3.63, 3.8) is 0 Å². The molecule has 0 atom stereocenters. The van der Waals surface area contributed by atoms with E-state index in [1.807, 2.05) is 20.8 Å². The summed E-state index contributed by atoms with van der Waals surface area (Å²) in [5.41, 5.74) is 1.66. The van der Waals surface area contributed by atoms with E-state index in [0.717, 1.165) is 17.1 Å². The van der Waals surface area contributed by atoms with Crippen LogP contribution < -0.4 is 10.9 Å². The number of aromatic nitrogens is 2. The Morgan fingerprint density at radius 3 is 2.69 bits per heavy atom. The van der Waals surface area contributed by atoms with Crippen LogP contribution in [0.3, 0.4) is 0 Å². The third-order valence-electron chi connectivity index (χ3n) is 2.91. The second-order valence-corrected chi connectivity index (χ2v) is 4.82. The van der Waals surface area contributed by atoms with Crippen LogP contribution in [0.2, 0.25) is 0 Å². The van der Waals surface area contributed by atoms with Gasteiger partial charge in [0.25, 0.3) is 5.56 Å². The first-order valence-corrected chi connectivity index (χ1v) is 5.91. The minimum atomic E-state index is 0.00935. The predicted molar refractivity (Wildman–Crippen MR) is 63.5 cm³/mol. The van der Waals surface area contributed by atoms with Gasteiger partial charge in [-0.1, -0.05) is 13.8 Å². The summed E-state index contributed by atoms with van der Waals surface area (Å²) in [6, 6.07) is 0.635. The first-order chi connectivity index (χ1) is 7.58. The molecule has 2 rings (SSSR count). The number of hydrogen-bond acceptors (Lipinski definition) is 3. The number of H-pyrrole nitrogens is 1. The van der Waals surface area contributed by atoms with E-state index in [4.69, 9.17) is 0 Å². The molecule has 0 radical (unpaired) electrons. The normalized spacial score (nSPS) is 15.8. The molecule has 0 unspecified atom stereocenters. The maximum absolute atomic E-state index is 11.8. The van der Waals surface area contributed by atoms with Gasteiger partial charge in [0.1, 0.15) is 5.82 Å². The van der Waals surface area contributed by atoms with Crippen LogP contribution in [0.1, 0.15) is 49.7 Å². The lowest BCUT2D eigenvalue weighted by atomic mass is 10.0. The fourth-order valence-corrected chi connectivity index (χ4v) is 1.95. The molecule has 0 spiro atoms. The molecule has 16 heavy (non-hydrogen) atoms. The topological polar surface area (TPSA) is 57.8 Å². The lowest BCUT2D eigenvalue weighted by Crippen LogP contribution is -2.24. The summed E-state index contributed by atoms with van der Waals surface area (Å²) in [7, 11) is 0. The molecule has 1 aromatic heterocycles. The van der Waals surface area contributed by atoms with Crippen LogP contribution in [0.15, 0.2) is 4.79 Å². The van der Waals surface area contributed by atoms with Crippen molar-refractivity contribution >= 4 is 0 Å². The maximum atomic E-state index is 11.8. The number of hydrogen-bond donors (Lipinski definition) is 2. The van der Waals surface area contributed by atoms with Gasteiger partial charge in [-0.05, 0) is 25.7 Å². The lowest BCUT2D eigenvalue weighted by molar-refractivity contribution is 0.647. The molecule has 0 saturated heterocycles. The first-order valence-electron chi connectivity index (χ1n) is 5.91. The van der Waals surface area contributed by atoms with Crippen LogP contribution in [0.4, 0.5) is 0 Å². The minimum absolute atomic E-state index is 0.00935. The highest BCUT2D eigenvalue weighted by Gasteiger charge is 2.20. The highest BCUT2D eigenvalue weighted by Crippen LogP contribution is 2.19. The van der Waals surface area contributed by atoms with Crippen molar-refractivity contribution in [2.45, 2.75) is 52.1 Å². The molecular weight excluding hydrogens is 202 g/mol. The Labute approximate surface area is 95.5 Å². The van der Waals surface area contributed by atoms with Crippen LogP contribution in [0.5, 0.6) is 0 Å². The van der Waals surface area contributed by atoms with Crippen LogP contribution in [-0.4, -0.2) is 16.0 Å². The number of nitrogens with one attached hydrogen (secondary N) is 2. The number of rotatable bonds is 4. The third kappa shape index (κ3) is 2.50. The largest absolute Gasteiger partial charge is 0.309 e. The van der Waals surface area contributed by atoms with Crippen molar-refractivity contribution < 1.29 is 0 Å². The van der Waals surface area contributed by atoms with Gasteiger partial charge in [0.15, 0.2) is 0 Å². The van der Waals surface area contributed by atoms with Gasteiger partial charge in [0.05, 0.1) is 6.54 Å². The highest BCUT2D eigenvalue weighted by molar-refractivity contribution is 5.20. The molecule has 1 aromatic rings. The van der Waals surface area contributed by atoms with E-state index in [1.54, 1.807) is 0 Å². The fourth-order valence-electron chi connectivity index (χ4n) is 1.95. The van der Waals surface area contributed by atoms with Crippen molar-refractivity contribution in [3.8, 4) is 0 Å². The van der Waals surface area contributed by atoms with E-state index < -0.39 is 0 Å². The van der Waals surface area contributed by atoms with Crippen LogP contribution in [0, 0.1) is 6.92 Å². The molecule has 0 aliphatic heterocycles. The van der Waals surface area contributed by atoms with E-state index in [2.05, 4.69) is 15.3 Å². The van der Waals surface area contributed by atoms with Gasteiger partial charge in [-0.15, -0.1) is 0 Å². The van der Waals surface area contributed by atoms with E-state index in [9.17, 15) is 4.79 Å². The zero-order chi connectivity index (χ0) is 11.7. The number of aryl methyl sites for hydroxylation is 1. The molecule has 88 valence electrons. The van der Waals surface area contributed by atoms with Crippen molar-refractivity contribution in [2.24, 2.45) is 0 Å². The Balaban J connectivity index is 2.18. The monoisotopic (exact) mass is 221 g/mol. The van der Waals surface area contributed by atoms with Crippen LogP contribution in [-0.2, 0) is 6.54 Å². The van der Waals surface area contributed by atoms with Gasteiger partial charge in [-0.3, -0.25) is 4.79 Å². The van der Waals surface area contributed by atoms with E-state index in [-0.39, 0.29) is 11.5 Å². The molecule has 0 bridgehead atoms. The summed E-state index contributed by atoms with van der Waals surface area (Å²) in [5, 5.41) is 3.34. The van der Waals surface area contributed by atoms with Gasteiger partial charge in [-0.25, -0.2) is 4.98 Å². The Kier molecular flexibility index (Phi) is 3.10. The van der Waals surface area contributed by atoms with Gasteiger partial charge in [0, 0.05) is 17.3 Å². The molecule has 1 saturated carbocycles.